The molecule has 0 fully saturated rings. The van der Waals surface area contributed by atoms with E-state index in [-0.39, 0.29) is 23.4 Å². The van der Waals surface area contributed by atoms with E-state index in [2.05, 4.69) is 4.72 Å². The normalized spacial score (nSPS) is 11.3. The van der Waals surface area contributed by atoms with E-state index in [1.54, 1.807) is 19.1 Å². The number of aromatic carboxylic acids is 1. The van der Waals surface area contributed by atoms with Crippen molar-refractivity contribution in [3.05, 3.63) is 35.4 Å². The smallest absolute Gasteiger partial charge is 0.335 e. The van der Waals surface area contributed by atoms with Gasteiger partial charge in [0.2, 0.25) is 10.0 Å². The van der Waals surface area contributed by atoms with Gasteiger partial charge < -0.3 is 5.11 Å². The molecule has 0 saturated heterocycles. The van der Waals surface area contributed by atoms with Crippen LogP contribution in [-0.2, 0) is 15.8 Å². The number of benzene rings is 1. The van der Waals surface area contributed by atoms with Gasteiger partial charge in [0.25, 0.3) is 0 Å². The van der Waals surface area contributed by atoms with E-state index >= 15 is 0 Å². The van der Waals surface area contributed by atoms with Crippen molar-refractivity contribution >= 4 is 16.0 Å². The van der Waals surface area contributed by atoms with E-state index in [9.17, 15) is 13.2 Å². The van der Waals surface area contributed by atoms with E-state index in [4.69, 9.17) is 5.11 Å². The number of carbonyl (C=O) groups is 1. The molecule has 16 heavy (non-hydrogen) atoms. The molecule has 0 aliphatic rings. The fourth-order valence-electron chi connectivity index (χ4n) is 1.33. The third-order valence-electron chi connectivity index (χ3n) is 1.96. The third kappa shape index (κ3) is 3.32. The summed E-state index contributed by atoms with van der Waals surface area (Å²) in [6, 6.07) is 6.06. The zero-order valence-electron chi connectivity index (χ0n) is 8.80. The lowest BCUT2D eigenvalue weighted by atomic mass is 10.1. The topological polar surface area (TPSA) is 83.5 Å². The molecule has 1 rings (SSSR count). The maximum Gasteiger partial charge on any atom is 0.335 e. The minimum Gasteiger partial charge on any atom is -0.478 e. The number of carboxylic acid groups (broad SMARTS) is 1. The number of hydrogen-bond donors (Lipinski definition) is 2. The van der Waals surface area contributed by atoms with Gasteiger partial charge in [0.15, 0.2) is 0 Å². The van der Waals surface area contributed by atoms with Crippen molar-refractivity contribution < 1.29 is 18.3 Å². The molecule has 0 unspecified atom stereocenters. The SMILES string of the molecule is CCNS(=O)(=O)Cc1ccccc1C(=O)O. The van der Waals surface area contributed by atoms with Crippen molar-refractivity contribution in [2.75, 3.05) is 6.54 Å². The highest BCUT2D eigenvalue weighted by Crippen LogP contribution is 2.11. The lowest BCUT2D eigenvalue weighted by Crippen LogP contribution is -2.25. The molecule has 0 amide bonds. The van der Waals surface area contributed by atoms with Crippen molar-refractivity contribution in [1.29, 1.82) is 0 Å². The highest BCUT2D eigenvalue weighted by Gasteiger charge is 2.15. The first-order valence-electron chi connectivity index (χ1n) is 4.75. The second-order valence-electron chi connectivity index (χ2n) is 3.22. The van der Waals surface area contributed by atoms with Gasteiger partial charge in [-0.15, -0.1) is 0 Å². The highest BCUT2D eigenvalue weighted by molar-refractivity contribution is 7.88. The van der Waals surface area contributed by atoms with Crippen LogP contribution < -0.4 is 4.72 Å². The van der Waals surface area contributed by atoms with Gasteiger partial charge in [-0.25, -0.2) is 17.9 Å². The number of hydrogen-bond acceptors (Lipinski definition) is 3. The monoisotopic (exact) mass is 243 g/mol. The Bertz CT molecular complexity index is 481. The Kier molecular flexibility index (Phi) is 4.03. The van der Waals surface area contributed by atoms with E-state index < -0.39 is 16.0 Å². The van der Waals surface area contributed by atoms with E-state index in [1.165, 1.54) is 12.1 Å². The summed E-state index contributed by atoms with van der Waals surface area (Å²) in [5.74, 6) is -1.44. The molecule has 0 bridgehead atoms. The summed E-state index contributed by atoms with van der Waals surface area (Å²) in [6.07, 6.45) is 0. The minimum absolute atomic E-state index is 0.0176. The summed E-state index contributed by atoms with van der Waals surface area (Å²) in [6.45, 7) is 1.96. The summed E-state index contributed by atoms with van der Waals surface area (Å²) in [7, 11) is -3.45. The minimum atomic E-state index is -3.45. The van der Waals surface area contributed by atoms with Gasteiger partial charge in [0, 0.05) is 6.54 Å². The van der Waals surface area contributed by atoms with Crippen molar-refractivity contribution in [3.63, 3.8) is 0 Å². The van der Waals surface area contributed by atoms with Gasteiger partial charge in [-0.1, -0.05) is 25.1 Å². The Morgan fingerprint density at radius 3 is 2.56 bits per heavy atom. The van der Waals surface area contributed by atoms with Gasteiger partial charge >= 0.3 is 5.97 Å². The highest BCUT2D eigenvalue weighted by atomic mass is 32.2. The van der Waals surface area contributed by atoms with Crippen LogP contribution in [0.25, 0.3) is 0 Å². The van der Waals surface area contributed by atoms with Crippen LogP contribution in [0.5, 0.6) is 0 Å². The summed E-state index contributed by atoms with van der Waals surface area (Å²) in [5.41, 5.74) is 0.305. The van der Waals surface area contributed by atoms with Crippen molar-refractivity contribution in [3.8, 4) is 0 Å². The molecule has 1 aromatic carbocycles. The lowest BCUT2D eigenvalue weighted by molar-refractivity contribution is 0.0696. The molecule has 0 aliphatic heterocycles. The Hall–Kier alpha value is -1.40. The average Bonchev–Trinajstić information content (AvgIpc) is 2.17. The van der Waals surface area contributed by atoms with Crippen LogP contribution in [0.1, 0.15) is 22.8 Å². The molecule has 5 nitrogen and oxygen atoms in total. The van der Waals surface area contributed by atoms with Gasteiger partial charge in [-0.05, 0) is 11.6 Å². The standard InChI is InChI=1S/C10H13NO4S/c1-2-11-16(14,15)7-8-5-3-4-6-9(8)10(12)13/h3-6,11H,2,7H2,1H3,(H,12,13). The molecule has 0 heterocycles. The number of nitrogens with one attached hydrogen (secondary N) is 1. The van der Waals surface area contributed by atoms with E-state index in [0.717, 1.165) is 0 Å². The first-order valence-corrected chi connectivity index (χ1v) is 6.40. The third-order valence-corrected chi connectivity index (χ3v) is 3.38. The number of rotatable bonds is 5. The zero-order valence-corrected chi connectivity index (χ0v) is 9.62. The van der Waals surface area contributed by atoms with Gasteiger partial charge in [-0.3, -0.25) is 0 Å². The van der Waals surface area contributed by atoms with Crippen LogP contribution in [0, 0.1) is 0 Å². The summed E-state index contributed by atoms with van der Waals surface area (Å²) >= 11 is 0. The first kappa shape index (κ1) is 12.7. The predicted molar refractivity (Wildman–Crippen MR) is 59.7 cm³/mol. The van der Waals surface area contributed by atoms with Crippen LogP contribution in [0.15, 0.2) is 24.3 Å². The number of sulfonamides is 1. The second-order valence-corrected chi connectivity index (χ2v) is 5.03. The first-order chi connectivity index (χ1) is 7.46. The average molecular weight is 243 g/mol. The molecular formula is C10H13NO4S. The van der Waals surface area contributed by atoms with Crippen molar-refractivity contribution in [2.24, 2.45) is 0 Å². The Morgan fingerprint density at radius 2 is 2.00 bits per heavy atom. The maximum absolute atomic E-state index is 11.5. The van der Waals surface area contributed by atoms with Crippen molar-refractivity contribution in [1.82, 2.24) is 4.72 Å². The molecule has 2 N–H and O–H groups in total. The van der Waals surface area contributed by atoms with Crippen LogP contribution >= 0.6 is 0 Å². The van der Waals surface area contributed by atoms with Crippen LogP contribution in [0.3, 0.4) is 0 Å². The Labute approximate surface area is 94.2 Å². The van der Waals surface area contributed by atoms with Crippen LogP contribution in [0.4, 0.5) is 0 Å². The molecule has 1 aromatic rings. The second kappa shape index (κ2) is 5.09. The van der Waals surface area contributed by atoms with Gasteiger partial charge in [-0.2, -0.15) is 0 Å². The molecule has 0 saturated carbocycles. The quantitative estimate of drug-likeness (QED) is 0.802. The molecular weight excluding hydrogens is 230 g/mol. The molecule has 0 radical (unpaired) electrons. The summed E-state index contributed by atoms with van der Waals surface area (Å²) in [5, 5.41) is 8.88. The van der Waals surface area contributed by atoms with E-state index in [1.807, 2.05) is 0 Å². The summed E-state index contributed by atoms with van der Waals surface area (Å²) in [4.78, 5) is 10.9. The van der Waals surface area contributed by atoms with Crippen LogP contribution in [-0.4, -0.2) is 26.0 Å². The molecule has 6 heteroatoms. The molecule has 88 valence electrons. The molecule has 0 spiro atoms. The summed E-state index contributed by atoms with van der Waals surface area (Å²) < 4.78 is 25.3. The number of carboxylic acids is 1. The largest absolute Gasteiger partial charge is 0.478 e. The zero-order chi connectivity index (χ0) is 12.2. The maximum atomic E-state index is 11.5. The lowest BCUT2D eigenvalue weighted by Gasteiger charge is -2.07. The fraction of sp³-hybridized carbons (Fsp3) is 0.300. The predicted octanol–water partition coefficient (Wildman–Crippen LogP) is 0.824. The Morgan fingerprint density at radius 1 is 1.38 bits per heavy atom. The molecule has 0 atom stereocenters. The Balaban J connectivity index is 3.02. The van der Waals surface area contributed by atoms with E-state index in [0.29, 0.717) is 0 Å². The van der Waals surface area contributed by atoms with Crippen molar-refractivity contribution in [2.45, 2.75) is 12.7 Å². The van der Waals surface area contributed by atoms with Crippen LogP contribution in [0.2, 0.25) is 0 Å². The van der Waals surface area contributed by atoms with Gasteiger partial charge in [0.1, 0.15) is 0 Å². The van der Waals surface area contributed by atoms with Gasteiger partial charge in [0.05, 0.1) is 11.3 Å². The fourth-order valence-corrected chi connectivity index (χ4v) is 2.53. The molecule has 0 aromatic heterocycles. The molecule has 0 aliphatic carbocycles.